The van der Waals surface area contributed by atoms with Crippen molar-refractivity contribution in [3.8, 4) is 11.1 Å². The normalized spacial score (nSPS) is 13.1. The van der Waals surface area contributed by atoms with Gasteiger partial charge in [-0.1, -0.05) is 78.9 Å². The number of carbonyl (C=O) groups is 2. The van der Waals surface area contributed by atoms with Crippen LogP contribution < -0.4 is 10.6 Å². The first-order chi connectivity index (χ1) is 16.6. The first-order valence-electron chi connectivity index (χ1n) is 11.1. The molecule has 3 rings (SSSR count). The summed E-state index contributed by atoms with van der Waals surface area (Å²) in [5.74, 6) is -1.84. The van der Waals surface area contributed by atoms with Crippen LogP contribution in [0.25, 0.3) is 11.1 Å². The van der Waals surface area contributed by atoms with Gasteiger partial charge in [0.25, 0.3) is 0 Å². The fourth-order valence-corrected chi connectivity index (χ4v) is 4.18. The summed E-state index contributed by atoms with van der Waals surface area (Å²) in [6.07, 6.45) is -0.488. The Morgan fingerprint density at radius 2 is 1.43 bits per heavy atom. The summed E-state index contributed by atoms with van der Waals surface area (Å²) in [7, 11) is -4.42. The Balaban J connectivity index is 1.73. The summed E-state index contributed by atoms with van der Waals surface area (Å²) in [4.78, 5) is 43.5. The monoisotopic (exact) mass is 496 g/mol. The van der Waals surface area contributed by atoms with Crippen LogP contribution in [0.4, 0.5) is 0 Å². The van der Waals surface area contributed by atoms with Crippen molar-refractivity contribution in [3.05, 3.63) is 95.6 Å². The van der Waals surface area contributed by atoms with Gasteiger partial charge in [-0.05, 0) is 41.2 Å². The molecular weight excluding hydrogens is 467 g/mol. The standard InChI is InChI=1S/C26H29N2O6P/c1-18-7-5-6-10-22(18)16-23(27-17-35(32,33)34)25(29)28-24(26(30)31)15-19-11-13-21(14-12-19)20-8-3-2-4-9-20/h2-14,23-24,27H,15-17H2,1H3,(H,28,29)(H,30,31)(H2,32,33,34)/t23-,24-/m0/s1. The number of amides is 1. The van der Waals surface area contributed by atoms with Crippen molar-refractivity contribution in [1.82, 2.24) is 10.6 Å². The maximum atomic E-state index is 13.0. The molecule has 0 aliphatic heterocycles. The zero-order valence-electron chi connectivity index (χ0n) is 19.3. The van der Waals surface area contributed by atoms with Crippen molar-refractivity contribution in [2.45, 2.75) is 31.8 Å². The van der Waals surface area contributed by atoms with Crippen LogP contribution in [0.15, 0.2) is 78.9 Å². The Bertz CT molecular complexity index is 1190. The molecule has 0 radical (unpaired) electrons. The molecule has 35 heavy (non-hydrogen) atoms. The van der Waals surface area contributed by atoms with E-state index in [9.17, 15) is 29.0 Å². The van der Waals surface area contributed by atoms with Crippen molar-refractivity contribution < 1.29 is 29.0 Å². The summed E-state index contributed by atoms with van der Waals surface area (Å²) >= 11 is 0. The van der Waals surface area contributed by atoms with E-state index in [1.54, 1.807) is 6.07 Å². The molecule has 0 unspecified atom stereocenters. The minimum Gasteiger partial charge on any atom is -0.480 e. The Morgan fingerprint density at radius 3 is 2.03 bits per heavy atom. The van der Waals surface area contributed by atoms with Gasteiger partial charge in [-0.2, -0.15) is 0 Å². The molecule has 0 aromatic heterocycles. The van der Waals surface area contributed by atoms with E-state index in [-0.39, 0.29) is 12.8 Å². The third-order valence-electron chi connectivity index (χ3n) is 5.66. The smallest absolute Gasteiger partial charge is 0.339 e. The van der Waals surface area contributed by atoms with Gasteiger partial charge in [-0.15, -0.1) is 0 Å². The lowest BCUT2D eigenvalue weighted by molar-refractivity contribution is -0.142. The lowest BCUT2D eigenvalue weighted by Crippen LogP contribution is -2.52. The predicted molar refractivity (Wildman–Crippen MR) is 134 cm³/mol. The molecule has 0 saturated heterocycles. The number of benzene rings is 3. The fraction of sp³-hybridized carbons (Fsp3) is 0.231. The van der Waals surface area contributed by atoms with Gasteiger partial charge in [0.05, 0.1) is 12.3 Å². The number of aryl methyl sites for hydroxylation is 1. The van der Waals surface area contributed by atoms with Crippen LogP contribution in [0, 0.1) is 6.92 Å². The van der Waals surface area contributed by atoms with Crippen molar-refractivity contribution >= 4 is 19.5 Å². The van der Waals surface area contributed by atoms with Crippen molar-refractivity contribution in [1.29, 1.82) is 0 Å². The molecule has 3 aromatic carbocycles. The molecule has 9 heteroatoms. The number of aliphatic carboxylic acids is 1. The minimum absolute atomic E-state index is 0.0612. The Kier molecular flexibility index (Phi) is 8.95. The topological polar surface area (TPSA) is 136 Å². The number of carboxylic acid groups (broad SMARTS) is 1. The SMILES string of the molecule is Cc1ccccc1C[C@H](NCP(=O)(O)O)C(=O)N[C@@H](Cc1ccc(-c2ccccc2)cc1)C(=O)O. The zero-order valence-corrected chi connectivity index (χ0v) is 20.2. The summed E-state index contributed by atoms with van der Waals surface area (Å²) in [6, 6.07) is 22.3. The lowest BCUT2D eigenvalue weighted by atomic mass is 9.99. The first-order valence-corrected chi connectivity index (χ1v) is 12.9. The maximum absolute atomic E-state index is 13.0. The molecule has 0 fully saturated rings. The van der Waals surface area contributed by atoms with E-state index in [4.69, 9.17) is 0 Å². The molecule has 1 amide bonds. The second-order valence-corrected chi connectivity index (χ2v) is 10.0. The van der Waals surface area contributed by atoms with Crippen molar-refractivity contribution in [3.63, 3.8) is 0 Å². The van der Waals surface area contributed by atoms with Crippen molar-refractivity contribution in [2.24, 2.45) is 0 Å². The average molecular weight is 497 g/mol. The second kappa shape index (κ2) is 11.9. The summed E-state index contributed by atoms with van der Waals surface area (Å²) in [5, 5.41) is 14.9. The average Bonchev–Trinajstić information content (AvgIpc) is 2.82. The van der Waals surface area contributed by atoms with E-state index in [1.165, 1.54) is 0 Å². The first kappa shape index (κ1) is 26.3. The lowest BCUT2D eigenvalue weighted by Gasteiger charge is -2.22. The van der Waals surface area contributed by atoms with E-state index in [2.05, 4.69) is 10.6 Å². The molecule has 5 N–H and O–H groups in total. The van der Waals surface area contributed by atoms with Crippen LogP contribution in [0.5, 0.6) is 0 Å². The molecule has 184 valence electrons. The van der Waals surface area contributed by atoms with Gasteiger partial charge in [-0.25, -0.2) is 4.79 Å². The quantitative estimate of drug-likeness (QED) is 0.257. The van der Waals surface area contributed by atoms with Crippen LogP contribution in [-0.4, -0.2) is 45.1 Å². The number of rotatable bonds is 11. The minimum atomic E-state index is -4.42. The van der Waals surface area contributed by atoms with Gasteiger partial charge in [0, 0.05) is 6.42 Å². The van der Waals surface area contributed by atoms with Gasteiger partial charge < -0.3 is 20.2 Å². The molecule has 0 aliphatic rings. The highest BCUT2D eigenvalue weighted by molar-refractivity contribution is 7.51. The maximum Gasteiger partial charge on any atom is 0.339 e. The van der Waals surface area contributed by atoms with Gasteiger partial charge in [-0.3, -0.25) is 14.7 Å². The molecule has 2 atom stereocenters. The third kappa shape index (κ3) is 8.16. The summed E-state index contributed by atoms with van der Waals surface area (Å²) in [5.41, 5.74) is 4.49. The summed E-state index contributed by atoms with van der Waals surface area (Å²) in [6.45, 7) is 1.87. The molecule has 0 bridgehead atoms. The van der Waals surface area contributed by atoms with Crippen LogP contribution >= 0.6 is 7.60 Å². The van der Waals surface area contributed by atoms with Gasteiger partial charge in [0.1, 0.15) is 6.04 Å². The number of carbonyl (C=O) groups excluding carboxylic acids is 1. The molecule has 0 aliphatic carbocycles. The highest BCUT2D eigenvalue weighted by Gasteiger charge is 2.27. The van der Waals surface area contributed by atoms with E-state index < -0.39 is 37.8 Å². The predicted octanol–water partition coefficient (Wildman–Crippen LogP) is 3.11. The largest absolute Gasteiger partial charge is 0.480 e. The van der Waals surface area contributed by atoms with Gasteiger partial charge in [0.15, 0.2) is 0 Å². The van der Waals surface area contributed by atoms with Crippen LogP contribution in [0.2, 0.25) is 0 Å². The molecule has 0 heterocycles. The number of nitrogens with one attached hydrogen (secondary N) is 2. The van der Waals surface area contributed by atoms with E-state index in [1.807, 2.05) is 79.7 Å². The van der Waals surface area contributed by atoms with E-state index >= 15 is 0 Å². The van der Waals surface area contributed by atoms with Crippen LogP contribution in [0.3, 0.4) is 0 Å². The molecule has 0 spiro atoms. The summed E-state index contributed by atoms with van der Waals surface area (Å²) < 4.78 is 11.4. The zero-order chi connectivity index (χ0) is 25.4. The van der Waals surface area contributed by atoms with Crippen LogP contribution in [-0.2, 0) is 27.0 Å². The van der Waals surface area contributed by atoms with Crippen LogP contribution in [0.1, 0.15) is 16.7 Å². The number of hydrogen-bond acceptors (Lipinski definition) is 4. The molecule has 8 nitrogen and oxygen atoms in total. The highest BCUT2D eigenvalue weighted by Crippen LogP contribution is 2.32. The Labute approximate surface area is 204 Å². The van der Waals surface area contributed by atoms with Gasteiger partial charge in [0.2, 0.25) is 5.91 Å². The molecule has 3 aromatic rings. The van der Waals surface area contributed by atoms with Crippen molar-refractivity contribution in [2.75, 3.05) is 6.29 Å². The molecule has 0 saturated carbocycles. The fourth-order valence-electron chi connectivity index (χ4n) is 3.72. The Morgan fingerprint density at radius 1 is 0.829 bits per heavy atom. The van der Waals surface area contributed by atoms with Gasteiger partial charge >= 0.3 is 13.6 Å². The Hall–Kier alpha value is -3.29. The molecular formula is C26H29N2O6P. The van der Waals surface area contributed by atoms with E-state index in [0.29, 0.717) is 0 Å². The van der Waals surface area contributed by atoms with E-state index in [0.717, 1.165) is 27.8 Å². The number of carboxylic acids is 1. The number of hydrogen-bond donors (Lipinski definition) is 5. The third-order valence-corrected chi connectivity index (χ3v) is 6.26. The highest BCUT2D eigenvalue weighted by atomic mass is 31.2. The second-order valence-electron chi connectivity index (χ2n) is 8.38.